The van der Waals surface area contributed by atoms with Gasteiger partial charge in [-0.1, -0.05) is 72.9 Å². The van der Waals surface area contributed by atoms with E-state index in [1.54, 1.807) is 6.07 Å². The molecule has 0 aliphatic carbocycles. The number of unbranched alkanes of at least 4 members (excludes halogenated alkanes) is 1. The Bertz CT molecular complexity index is 1510. The molecule has 2 N–H and O–H groups in total. The van der Waals surface area contributed by atoms with E-state index in [4.69, 9.17) is 4.74 Å². The van der Waals surface area contributed by atoms with Crippen LogP contribution in [-0.2, 0) is 38.4 Å². The molecule has 2 amide bonds. The zero-order valence-corrected chi connectivity index (χ0v) is 25.4. The highest BCUT2D eigenvalue weighted by Crippen LogP contribution is 2.22. The second kappa shape index (κ2) is 15.6. The van der Waals surface area contributed by atoms with Crippen molar-refractivity contribution < 1.29 is 19.1 Å². The summed E-state index contributed by atoms with van der Waals surface area (Å²) in [5.74, 6) is -0.453. The molecule has 0 spiro atoms. The molecule has 0 bridgehead atoms. The van der Waals surface area contributed by atoms with Gasteiger partial charge in [0.05, 0.1) is 31.6 Å². The van der Waals surface area contributed by atoms with Gasteiger partial charge < -0.3 is 15.4 Å². The molecule has 11 heteroatoms. The number of nitrogens with one attached hydrogen (secondary N) is 2. The molecule has 224 valence electrons. The number of benzene rings is 2. The molecule has 4 rings (SSSR count). The number of carbonyl (C=O) groups excluding carboxylic acids is 3. The number of methoxy groups -OCH3 is 1. The summed E-state index contributed by atoms with van der Waals surface area (Å²) in [4.78, 5) is 36.7. The Kier molecular flexibility index (Phi) is 11.4. The molecule has 2 unspecified atom stereocenters. The van der Waals surface area contributed by atoms with Crippen molar-refractivity contribution in [3.63, 3.8) is 0 Å². The van der Waals surface area contributed by atoms with Crippen LogP contribution >= 0.6 is 11.3 Å². The van der Waals surface area contributed by atoms with Crippen molar-refractivity contribution in [2.45, 2.75) is 64.2 Å². The molecule has 2 atom stereocenters. The highest BCUT2D eigenvalue weighted by Gasteiger charge is 2.17. The maximum atomic E-state index is 12.6. The Morgan fingerprint density at radius 2 is 1.60 bits per heavy atom. The average molecular weight is 601 g/mol. The van der Waals surface area contributed by atoms with E-state index in [0.29, 0.717) is 10.9 Å². The first-order chi connectivity index (χ1) is 20.8. The molecule has 0 saturated carbocycles. The third-order valence-corrected chi connectivity index (χ3v) is 7.93. The summed E-state index contributed by atoms with van der Waals surface area (Å²) in [5.41, 5.74) is 3.62. The second-order valence-electron chi connectivity index (χ2n) is 10.4. The van der Waals surface area contributed by atoms with Gasteiger partial charge in [0.25, 0.3) is 0 Å². The summed E-state index contributed by atoms with van der Waals surface area (Å²) in [6.07, 6.45) is 3.75. The highest BCUT2D eigenvalue weighted by atomic mass is 32.1. The van der Waals surface area contributed by atoms with Gasteiger partial charge in [0.15, 0.2) is 5.82 Å². The van der Waals surface area contributed by atoms with E-state index < -0.39 is 0 Å². The van der Waals surface area contributed by atoms with E-state index in [-0.39, 0.29) is 42.5 Å². The first-order valence-electron chi connectivity index (χ1n) is 14.3. The molecule has 10 nitrogen and oxygen atoms in total. The van der Waals surface area contributed by atoms with Gasteiger partial charge in [0.1, 0.15) is 5.01 Å². The van der Waals surface area contributed by atoms with E-state index in [1.807, 2.05) is 74.5 Å². The van der Waals surface area contributed by atoms with Crippen LogP contribution in [-0.4, -0.2) is 45.3 Å². The van der Waals surface area contributed by atoms with Crippen LogP contribution in [0, 0.1) is 0 Å². The predicted molar refractivity (Wildman–Crippen MR) is 166 cm³/mol. The second-order valence-corrected chi connectivity index (χ2v) is 11.5. The minimum Gasteiger partial charge on any atom is -0.469 e. The summed E-state index contributed by atoms with van der Waals surface area (Å²) >= 11 is 1.39. The Labute approximate surface area is 255 Å². The number of anilines is 2. The molecule has 43 heavy (non-hydrogen) atoms. The summed E-state index contributed by atoms with van der Waals surface area (Å²) in [5, 5.41) is 23.8. The SMILES string of the molecule is COC(=O)CC(C)c1cccc(CC(=O)Nc2ccc(CCCCc3nnc(NC(=O)C(C)c4ccccc4)s3)nn2)c1. The molecule has 2 aromatic carbocycles. The molecular formula is C32H36N6O4S. The van der Waals surface area contributed by atoms with Crippen molar-refractivity contribution >= 4 is 40.1 Å². The fraction of sp³-hybridized carbons (Fsp3) is 0.344. The molecule has 0 aliphatic rings. The Morgan fingerprint density at radius 1 is 0.837 bits per heavy atom. The van der Waals surface area contributed by atoms with E-state index in [2.05, 4.69) is 31.0 Å². The molecule has 0 fully saturated rings. The number of nitrogens with zero attached hydrogens (tertiary/aromatic N) is 4. The number of hydrogen-bond donors (Lipinski definition) is 2. The minimum absolute atomic E-state index is 0.00801. The quantitative estimate of drug-likeness (QED) is 0.143. The van der Waals surface area contributed by atoms with Crippen molar-refractivity contribution in [3.05, 3.63) is 94.1 Å². The van der Waals surface area contributed by atoms with Crippen LogP contribution in [0.4, 0.5) is 10.9 Å². The third-order valence-electron chi connectivity index (χ3n) is 7.04. The highest BCUT2D eigenvalue weighted by molar-refractivity contribution is 7.15. The van der Waals surface area contributed by atoms with Crippen molar-refractivity contribution in [1.29, 1.82) is 0 Å². The first kappa shape index (κ1) is 31.4. The minimum atomic E-state index is -0.277. The molecule has 0 aliphatic heterocycles. The number of aryl methyl sites for hydroxylation is 2. The molecule has 2 aromatic heterocycles. The lowest BCUT2D eigenvalue weighted by atomic mass is 9.95. The topological polar surface area (TPSA) is 136 Å². The van der Waals surface area contributed by atoms with Crippen molar-refractivity contribution in [1.82, 2.24) is 20.4 Å². The summed E-state index contributed by atoms with van der Waals surface area (Å²) < 4.78 is 4.75. The van der Waals surface area contributed by atoms with Gasteiger partial charge in [-0.25, -0.2) is 0 Å². The number of rotatable bonds is 14. The fourth-order valence-corrected chi connectivity index (χ4v) is 5.27. The van der Waals surface area contributed by atoms with Gasteiger partial charge >= 0.3 is 5.97 Å². The zero-order valence-electron chi connectivity index (χ0n) is 24.6. The zero-order chi connectivity index (χ0) is 30.6. The maximum Gasteiger partial charge on any atom is 0.306 e. The van der Waals surface area contributed by atoms with Crippen molar-refractivity contribution in [3.8, 4) is 0 Å². The van der Waals surface area contributed by atoms with Crippen LogP contribution in [0.5, 0.6) is 0 Å². The largest absolute Gasteiger partial charge is 0.469 e. The lowest BCUT2D eigenvalue weighted by Gasteiger charge is -2.12. The number of aromatic nitrogens is 4. The van der Waals surface area contributed by atoms with Crippen LogP contribution in [0.2, 0.25) is 0 Å². The number of amides is 2. The van der Waals surface area contributed by atoms with Gasteiger partial charge in [0, 0.05) is 6.42 Å². The molecule has 0 saturated heterocycles. The molecule has 4 aromatic rings. The van der Waals surface area contributed by atoms with Crippen LogP contribution in [0.25, 0.3) is 0 Å². The van der Waals surface area contributed by atoms with E-state index in [0.717, 1.165) is 53.1 Å². The van der Waals surface area contributed by atoms with Gasteiger partial charge in [-0.3, -0.25) is 14.4 Å². The van der Waals surface area contributed by atoms with Gasteiger partial charge in [-0.15, -0.1) is 15.3 Å². The number of ether oxygens (including phenoxy) is 1. The standard InChI is InChI=1S/C32H36N6O4S/c1-21(18-30(40)42-3)25-13-9-10-23(19-25)20-28(39)33-27-17-16-26(35-36-27)14-7-8-15-29-37-38-32(43-29)34-31(41)22(2)24-11-5-4-6-12-24/h4-6,9-13,16-17,19,21-22H,7-8,14-15,18,20H2,1-3H3,(H,33,36,39)(H,34,38,41). The Morgan fingerprint density at radius 3 is 2.35 bits per heavy atom. The van der Waals surface area contributed by atoms with Gasteiger partial charge in [0.2, 0.25) is 16.9 Å². The van der Waals surface area contributed by atoms with E-state index in [9.17, 15) is 14.4 Å². The average Bonchev–Trinajstić information content (AvgIpc) is 3.47. The number of esters is 1. The monoisotopic (exact) mass is 600 g/mol. The van der Waals surface area contributed by atoms with Crippen LogP contribution < -0.4 is 10.6 Å². The van der Waals surface area contributed by atoms with Crippen molar-refractivity contribution in [2.24, 2.45) is 0 Å². The lowest BCUT2D eigenvalue weighted by molar-refractivity contribution is -0.141. The molecular weight excluding hydrogens is 564 g/mol. The Balaban J connectivity index is 1.17. The number of hydrogen-bond acceptors (Lipinski definition) is 9. The molecule has 2 heterocycles. The predicted octanol–water partition coefficient (Wildman–Crippen LogP) is 5.48. The smallest absolute Gasteiger partial charge is 0.306 e. The van der Waals surface area contributed by atoms with Gasteiger partial charge in [-0.2, -0.15) is 5.10 Å². The third kappa shape index (κ3) is 9.78. The summed E-state index contributed by atoms with van der Waals surface area (Å²) in [6, 6.07) is 20.9. The van der Waals surface area contributed by atoms with Crippen LogP contribution in [0.15, 0.2) is 66.7 Å². The fourth-order valence-electron chi connectivity index (χ4n) is 4.49. The van der Waals surface area contributed by atoms with Gasteiger partial charge in [-0.05, 0) is 60.9 Å². The number of carbonyl (C=O) groups is 3. The van der Waals surface area contributed by atoms with E-state index in [1.165, 1.54) is 18.4 Å². The van der Waals surface area contributed by atoms with Crippen molar-refractivity contribution in [2.75, 3.05) is 17.7 Å². The van der Waals surface area contributed by atoms with Crippen LogP contribution in [0.1, 0.15) is 72.3 Å². The normalized spacial score (nSPS) is 12.3. The van der Waals surface area contributed by atoms with E-state index >= 15 is 0 Å². The Hall–Kier alpha value is -4.51. The van der Waals surface area contributed by atoms with Crippen LogP contribution in [0.3, 0.4) is 0 Å². The maximum absolute atomic E-state index is 12.6. The summed E-state index contributed by atoms with van der Waals surface area (Å²) in [7, 11) is 1.38. The lowest BCUT2D eigenvalue weighted by Crippen LogP contribution is -2.18. The molecule has 0 radical (unpaired) electrons. The first-order valence-corrected chi connectivity index (χ1v) is 15.1. The summed E-state index contributed by atoms with van der Waals surface area (Å²) in [6.45, 7) is 3.82.